The number of carboxylic acids is 1. The lowest BCUT2D eigenvalue weighted by atomic mass is 9.61. The van der Waals surface area contributed by atoms with Crippen LogP contribution in [-0.2, 0) is 9.59 Å². The number of carbonyl (C=O) groups excluding carboxylic acids is 2. The Kier molecular flexibility index (Phi) is 8.03. The fraction of sp³-hybridized carbons (Fsp3) is 0.710. The lowest BCUT2D eigenvalue weighted by Crippen LogP contribution is -2.58. The van der Waals surface area contributed by atoms with E-state index >= 15 is 0 Å². The van der Waals surface area contributed by atoms with Gasteiger partial charge < -0.3 is 25.2 Å². The third kappa shape index (κ3) is 5.66. The molecule has 0 radical (unpaired) electrons. The fourth-order valence-electron chi connectivity index (χ4n) is 7.35. The molecule has 5 saturated carbocycles. The predicted molar refractivity (Wildman–Crippen MR) is 147 cm³/mol. The van der Waals surface area contributed by atoms with Crippen molar-refractivity contribution in [2.24, 2.45) is 28.6 Å². The number of methoxy groups -OCH3 is 1. The Bertz CT molecular complexity index is 1130. The summed E-state index contributed by atoms with van der Waals surface area (Å²) in [4.78, 5) is 38.7. The molecule has 40 heavy (non-hydrogen) atoms. The van der Waals surface area contributed by atoms with Crippen molar-refractivity contribution >= 4 is 17.8 Å². The van der Waals surface area contributed by atoms with Gasteiger partial charge in [-0.2, -0.15) is 0 Å². The summed E-state index contributed by atoms with van der Waals surface area (Å²) in [6.45, 7) is 4.60. The van der Waals surface area contributed by atoms with Crippen molar-refractivity contribution in [3.8, 4) is 11.5 Å². The quantitative estimate of drug-likeness (QED) is 0.389. The molecule has 0 unspecified atom stereocenters. The van der Waals surface area contributed by atoms with Crippen molar-refractivity contribution in [3.63, 3.8) is 0 Å². The van der Waals surface area contributed by atoms with Crippen LogP contribution in [0.3, 0.4) is 0 Å². The minimum absolute atomic E-state index is 0.0218. The Labute approximate surface area is 235 Å². The minimum atomic E-state index is -0.832. The third-order valence-electron chi connectivity index (χ3n) is 10.4. The van der Waals surface area contributed by atoms with Crippen LogP contribution >= 0.6 is 0 Å². The monoisotopic (exact) mass is 558 g/mol. The van der Waals surface area contributed by atoms with Crippen LogP contribution in [-0.4, -0.2) is 48.7 Å². The zero-order valence-electron chi connectivity index (χ0n) is 23.9. The smallest absolute Gasteiger partial charge is 0.309 e. The van der Waals surface area contributed by atoms with E-state index in [4.69, 9.17) is 9.47 Å². The number of halogens is 1. The van der Waals surface area contributed by atoms with E-state index < -0.39 is 23.1 Å². The molecule has 3 N–H and O–H groups in total. The molecule has 2 atom stereocenters. The summed E-state index contributed by atoms with van der Waals surface area (Å²) in [6, 6.07) is 2.24. The summed E-state index contributed by atoms with van der Waals surface area (Å²) >= 11 is 0. The molecular formula is C31H43FN2O6. The second-order valence-corrected chi connectivity index (χ2v) is 13.2. The first-order chi connectivity index (χ1) is 19.0. The van der Waals surface area contributed by atoms with Gasteiger partial charge in [0.1, 0.15) is 5.75 Å². The first kappa shape index (κ1) is 28.7. The normalized spacial score (nSPS) is 32.5. The van der Waals surface area contributed by atoms with Crippen molar-refractivity contribution in [2.75, 3.05) is 13.7 Å². The Hall–Kier alpha value is -2.84. The zero-order valence-corrected chi connectivity index (χ0v) is 23.9. The van der Waals surface area contributed by atoms with Crippen molar-refractivity contribution in [3.05, 3.63) is 23.5 Å². The van der Waals surface area contributed by atoms with Crippen LogP contribution in [0.4, 0.5) is 4.39 Å². The Morgan fingerprint density at radius 3 is 2.20 bits per heavy atom. The van der Waals surface area contributed by atoms with Crippen LogP contribution in [0.1, 0.15) is 94.8 Å². The minimum Gasteiger partial charge on any atom is -0.496 e. The van der Waals surface area contributed by atoms with Crippen LogP contribution in [0.5, 0.6) is 11.5 Å². The van der Waals surface area contributed by atoms with Gasteiger partial charge in [-0.15, -0.1) is 0 Å². The molecule has 5 aliphatic carbocycles. The van der Waals surface area contributed by atoms with Crippen molar-refractivity contribution in [2.45, 2.75) is 96.6 Å². The maximum atomic E-state index is 15.0. The van der Waals surface area contributed by atoms with E-state index in [2.05, 4.69) is 17.6 Å². The first-order valence-electron chi connectivity index (χ1n) is 14.9. The Morgan fingerprint density at radius 2 is 1.62 bits per heavy atom. The fourth-order valence-corrected chi connectivity index (χ4v) is 7.35. The van der Waals surface area contributed by atoms with E-state index in [-0.39, 0.29) is 58.3 Å². The Morgan fingerprint density at radius 1 is 0.975 bits per heavy atom. The molecule has 2 bridgehead atoms. The summed E-state index contributed by atoms with van der Waals surface area (Å²) in [7, 11) is 1.39. The summed E-state index contributed by atoms with van der Waals surface area (Å²) in [6.07, 6.45) is 8.88. The number of hydrogen-bond acceptors (Lipinski definition) is 5. The SMILES string of the molecule is COc1cc(F)c(O[C@H]2CC[C@@](C)(C(=O)O)CC2)cc1C(=O)N[C@@H]1C2CCC(CC2)[C@@H]1C(=O)NCC1(C)CCC1. The molecule has 220 valence electrons. The van der Waals surface area contributed by atoms with E-state index in [0.717, 1.165) is 44.6 Å². The van der Waals surface area contributed by atoms with Crippen LogP contribution in [0, 0.1) is 34.4 Å². The number of ether oxygens (including phenoxy) is 2. The molecular weight excluding hydrogens is 515 g/mol. The van der Waals surface area contributed by atoms with Crippen LogP contribution in [0.15, 0.2) is 12.1 Å². The standard InChI is InChI=1S/C31H43FN2O6/c1-30(11-4-12-30)17-33-28(36)25-18-5-7-19(8-6-18)26(25)34-27(35)21-15-24(22(32)16-23(21)39-3)40-20-9-13-31(2,14-10-20)29(37)38/h15-16,18-20,25-26H,4-14,17H2,1-3H3,(H,33,36)(H,34,35)(H,37,38)/t18?,19?,20-,25-,26+,31+/m0/s1. The van der Waals surface area contributed by atoms with Gasteiger partial charge in [0, 0.05) is 18.7 Å². The molecule has 8 nitrogen and oxygen atoms in total. The average Bonchev–Trinajstić information content (AvgIpc) is 2.93. The van der Waals surface area contributed by atoms with Gasteiger partial charge in [0.15, 0.2) is 11.6 Å². The summed E-state index contributed by atoms with van der Waals surface area (Å²) in [5.74, 6) is -1.64. The molecule has 5 fully saturated rings. The van der Waals surface area contributed by atoms with Gasteiger partial charge >= 0.3 is 5.97 Å². The van der Waals surface area contributed by atoms with Crippen LogP contribution in [0.25, 0.3) is 0 Å². The van der Waals surface area contributed by atoms with Crippen molar-refractivity contribution in [1.29, 1.82) is 0 Å². The van der Waals surface area contributed by atoms with Gasteiger partial charge in [-0.3, -0.25) is 14.4 Å². The van der Waals surface area contributed by atoms with E-state index in [0.29, 0.717) is 32.2 Å². The highest BCUT2D eigenvalue weighted by Crippen LogP contribution is 2.46. The van der Waals surface area contributed by atoms with Crippen LogP contribution in [0.2, 0.25) is 0 Å². The molecule has 6 rings (SSSR count). The number of carboxylic acid groups (broad SMARTS) is 1. The van der Waals surface area contributed by atoms with E-state index in [1.165, 1.54) is 19.6 Å². The molecule has 9 heteroatoms. The molecule has 0 aliphatic heterocycles. The summed E-state index contributed by atoms with van der Waals surface area (Å²) in [5, 5.41) is 15.8. The molecule has 0 heterocycles. The number of carbonyl (C=O) groups is 3. The molecule has 1 aromatic carbocycles. The van der Waals surface area contributed by atoms with Gasteiger partial charge in [-0.25, -0.2) is 4.39 Å². The molecule has 1 aromatic rings. The molecule has 0 spiro atoms. The number of benzene rings is 1. The summed E-state index contributed by atoms with van der Waals surface area (Å²) in [5.41, 5.74) is -0.473. The lowest BCUT2D eigenvalue weighted by Gasteiger charge is -2.48. The number of aliphatic carboxylic acids is 1. The van der Waals surface area contributed by atoms with E-state index in [9.17, 15) is 23.9 Å². The molecule has 5 aliphatic rings. The number of nitrogens with one attached hydrogen (secondary N) is 2. The van der Waals surface area contributed by atoms with Gasteiger partial charge in [0.25, 0.3) is 5.91 Å². The second-order valence-electron chi connectivity index (χ2n) is 13.2. The number of amides is 2. The van der Waals surface area contributed by atoms with Crippen LogP contribution < -0.4 is 20.1 Å². The van der Waals surface area contributed by atoms with E-state index in [1.54, 1.807) is 6.92 Å². The predicted octanol–water partition coefficient (Wildman–Crippen LogP) is 5.09. The second kappa shape index (κ2) is 11.2. The summed E-state index contributed by atoms with van der Waals surface area (Å²) < 4.78 is 26.3. The molecule has 0 aromatic heterocycles. The van der Waals surface area contributed by atoms with Gasteiger partial charge in [0.2, 0.25) is 5.91 Å². The van der Waals surface area contributed by atoms with Gasteiger partial charge in [0.05, 0.1) is 30.1 Å². The van der Waals surface area contributed by atoms with Crippen molar-refractivity contribution in [1.82, 2.24) is 10.6 Å². The highest BCUT2D eigenvalue weighted by molar-refractivity contribution is 5.98. The third-order valence-corrected chi connectivity index (χ3v) is 10.4. The number of rotatable bonds is 9. The largest absolute Gasteiger partial charge is 0.496 e. The first-order valence-corrected chi connectivity index (χ1v) is 14.9. The number of fused-ring (bicyclic) bond motifs is 3. The number of hydrogen-bond donors (Lipinski definition) is 3. The molecule has 0 saturated heterocycles. The van der Waals surface area contributed by atoms with Gasteiger partial charge in [-0.05, 0) is 94.4 Å². The maximum Gasteiger partial charge on any atom is 0.309 e. The maximum absolute atomic E-state index is 15.0. The highest BCUT2D eigenvalue weighted by Gasteiger charge is 2.48. The van der Waals surface area contributed by atoms with Crippen molar-refractivity contribution < 1.29 is 33.4 Å². The Balaban J connectivity index is 1.30. The molecule has 2 amide bonds. The highest BCUT2D eigenvalue weighted by atomic mass is 19.1. The lowest BCUT2D eigenvalue weighted by molar-refractivity contribution is -0.150. The van der Waals surface area contributed by atoms with Gasteiger partial charge in [-0.1, -0.05) is 13.3 Å². The topological polar surface area (TPSA) is 114 Å². The average molecular weight is 559 g/mol. The van der Waals surface area contributed by atoms with E-state index in [1.807, 2.05) is 0 Å². The zero-order chi connectivity index (χ0) is 28.7.